The predicted octanol–water partition coefficient (Wildman–Crippen LogP) is 4.00. The number of nitrogens with zero attached hydrogens (tertiary/aromatic N) is 1. The summed E-state index contributed by atoms with van der Waals surface area (Å²) < 4.78 is 1.34. The van der Waals surface area contributed by atoms with Gasteiger partial charge in [0.1, 0.15) is 0 Å². The van der Waals surface area contributed by atoms with E-state index in [1.54, 1.807) is 23.1 Å². The minimum atomic E-state index is 1.07. The summed E-state index contributed by atoms with van der Waals surface area (Å²) >= 11 is 3.47. The molecule has 0 spiro atoms. The van der Waals surface area contributed by atoms with Crippen LogP contribution in [0.2, 0.25) is 0 Å². The molecule has 1 aliphatic heterocycles. The molecule has 0 saturated carbocycles. The zero-order valence-electron chi connectivity index (χ0n) is 8.23. The molecular weight excluding hydrogens is 222 g/mol. The largest absolute Gasteiger partial charge is 0.249 e. The lowest BCUT2D eigenvalue weighted by Gasteiger charge is -1.97. The lowest BCUT2D eigenvalue weighted by Crippen LogP contribution is -1.77. The van der Waals surface area contributed by atoms with Crippen molar-refractivity contribution in [3.05, 3.63) is 39.7 Å². The standard InChI is InChI=1S/C12H9NS2/c1-14-11-5-8-3-2-4-10-12(8)9(6-13-11)7-15-10/h2-7H,1H3. The van der Waals surface area contributed by atoms with Crippen molar-refractivity contribution in [3.63, 3.8) is 0 Å². The molecule has 1 nitrogen and oxygen atoms in total. The van der Waals surface area contributed by atoms with Gasteiger partial charge in [-0.3, -0.25) is 0 Å². The van der Waals surface area contributed by atoms with Crippen LogP contribution in [0, 0.1) is 0 Å². The lowest BCUT2D eigenvalue weighted by molar-refractivity contribution is 1.58. The third kappa shape index (κ3) is 1.43. The van der Waals surface area contributed by atoms with Gasteiger partial charge in [-0.05, 0) is 24.0 Å². The van der Waals surface area contributed by atoms with E-state index >= 15 is 0 Å². The Labute approximate surface area is 96.5 Å². The topological polar surface area (TPSA) is 12.4 Å². The van der Waals surface area contributed by atoms with Gasteiger partial charge in [-0.25, -0.2) is 4.99 Å². The lowest BCUT2D eigenvalue weighted by atomic mass is 10.1. The van der Waals surface area contributed by atoms with Gasteiger partial charge in [0.05, 0.1) is 5.03 Å². The Bertz CT molecular complexity index is 578. The van der Waals surface area contributed by atoms with E-state index in [-0.39, 0.29) is 0 Å². The van der Waals surface area contributed by atoms with E-state index in [9.17, 15) is 0 Å². The van der Waals surface area contributed by atoms with E-state index in [4.69, 9.17) is 0 Å². The normalized spacial score (nSPS) is 14.1. The van der Waals surface area contributed by atoms with Crippen LogP contribution in [-0.4, -0.2) is 12.5 Å². The van der Waals surface area contributed by atoms with Crippen molar-refractivity contribution in [2.24, 2.45) is 4.99 Å². The number of thiophene rings is 1. The summed E-state index contributed by atoms with van der Waals surface area (Å²) in [6.07, 6.45) is 6.19. The number of aliphatic imine (C=N–C) groups is 1. The zero-order valence-corrected chi connectivity index (χ0v) is 9.86. The van der Waals surface area contributed by atoms with Crippen molar-refractivity contribution in [2.45, 2.75) is 0 Å². The Morgan fingerprint density at radius 3 is 3.07 bits per heavy atom. The maximum atomic E-state index is 4.46. The molecule has 2 aromatic rings. The fourth-order valence-corrected chi connectivity index (χ4v) is 3.12. The summed E-state index contributed by atoms with van der Waals surface area (Å²) in [6.45, 7) is 0. The molecule has 74 valence electrons. The molecule has 0 amide bonds. The van der Waals surface area contributed by atoms with Gasteiger partial charge >= 0.3 is 0 Å². The van der Waals surface area contributed by atoms with E-state index in [1.807, 2.05) is 6.21 Å². The maximum absolute atomic E-state index is 4.46. The average molecular weight is 231 g/mol. The van der Waals surface area contributed by atoms with Crippen LogP contribution in [0.3, 0.4) is 0 Å². The van der Waals surface area contributed by atoms with Crippen LogP contribution in [0.1, 0.15) is 11.1 Å². The highest BCUT2D eigenvalue weighted by Crippen LogP contribution is 2.32. The van der Waals surface area contributed by atoms with Crippen molar-refractivity contribution in [3.8, 4) is 0 Å². The molecule has 0 aliphatic carbocycles. The van der Waals surface area contributed by atoms with Gasteiger partial charge in [0.15, 0.2) is 0 Å². The van der Waals surface area contributed by atoms with E-state index in [2.05, 4.69) is 40.9 Å². The molecule has 0 bridgehead atoms. The first-order valence-corrected chi connectivity index (χ1v) is 6.79. The average Bonchev–Trinajstić information content (AvgIpc) is 2.58. The summed E-state index contributed by atoms with van der Waals surface area (Å²) in [4.78, 5) is 4.46. The van der Waals surface area contributed by atoms with Crippen molar-refractivity contribution < 1.29 is 0 Å². The van der Waals surface area contributed by atoms with E-state index in [0.29, 0.717) is 0 Å². The second kappa shape index (κ2) is 3.51. The highest BCUT2D eigenvalue weighted by molar-refractivity contribution is 8.02. The van der Waals surface area contributed by atoms with Gasteiger partial charge in [-0.15, -0.1) is 23.1 Å². The molecule has 1 aromatic heterocycles. The highest BCUT2D eigenvalue weighted by atomic mass is 32.2. The van der Waals surface area contributed by atoms with Gasteiger partial charge in [0.25, 0.3) is 0 Å². The quantitative estimate of drug-likeness (QED) is 0.722. The van der Waals surface area contributed by atoms with Crippen LogP contribution in [0.5, 0.6) is 0 Å². The van der Waals surface area contributed by atoms with Crippen molar-refractivity contribution >= 4 is 45.5 Å². The predicted molar refractivity (Wildman–Crippen MR) is 70.9 cm³/mol. The molecule has 1 aliphatic rings. The van der Waals surface area contributed by atoms with Gasteiger partial charge < -0.3 is 0 Å². The number of hydrogen-bond acceptors (Lipinski definition) is 3. The van der Waals surface area contributed by atoms with E-state index in [1.165, 1.54) is 21.2 Å². The minimum absolute atomic E-state index is 1.07. The fraction of sp³-hybridized carbons (Fsp3) is 0.0833. The van der Waals surface area contributed by atoms with Crippen LogP contribution in [-0.2, 0) is 0 Å². The van der Waals surface area contributed by atoms with Gasteiger partial charge in [0, 0.05) is 27.2 Å². The van der Waals surface area contributed by atoms with Gasteiger partial charge in [-0.1, -0.05) is 12.1 Å². The van der Waals surface area contributed by atoms with Crippen LogP contribution >= 0.6 is 23.1 Å². The monoisotopic (exact) mass is 231 g/mol. The number of benzene rings is 1. The first-order chi connectivity index (χ1) is 7.38. The van der Waals surface area contributed by atoms with Gasteiger partial charge in [0.2, 0.25) is 0 Å². The molecule has 0 N–H and O–H groups in total. The molecule has 0 unspecified atom stereocenters. The number of thioether (sulfide) groups is 1. The molecule has 3 rings (SSSR count). The van der Waals surface area contributed by atoms with Crippen LogP contribution in [0.25, 0.3) is 16.2 Å². The first kappa shape index (κ1) is 9.19. The summed E-state index contributed by atoms with van der Waals surface area (Å²) in [5, 5.41) is 4.59. The molecule has 15 heavy (non-hydrogen) atoms. The molecule has 0 radical (unpaired) electrons. The summed E-state index contributed by atoms with van der Waals surface area (Å²) in [5.74, 6) is 0. The molecule has 0 saturated heterocycles. The molecule has 0 atom stereocenters. The number of rotatable bonds is 1. The van der Waals surface area contributed by atoms with Gasteiger partial charge in [-0.2, -0.15) is 0 Å². The van der Waals surface area contributed by atoms with Crippen LogP contribution in [0.15, 0.2) is 33.6 Å². The first-order valence-electron chi connectivity index (χ1n) is 4.68. The summed E-state index contributed by atoms with van der Waals surface area (Å²) in [5.41, 5.74) is 2.52. The second-order valence-electron chi connectivity index (χ2n) is 3.36. The highest BCUT2D eigenvalue weighted by Gasteiger charge is 2.09. The molecule has 2 heterocycles. The SMILES string of the molecule is CSC1=Cc2cccc3scc(c23)C=N1. The zero-order chi connectivity index (χ0) is 10.3. The molecule has 1 aromatic carbocycles. The Morgan fingerprint density at radius 1 is 1.27 bits per heavy atom. The Morgan fingerprint density at radius 2 is 2.20 bits per heavy atom. The fourth-order valence-electron chi connectivity index (χ4n) is 1.77. The molecular formula is C12H9NS2. The Kier molecular flexibility index (Phi) is 2.15. The Hall–Kier alpha value is -1.06. The van der Waals surface area contributed by atoms with E-state index < -0.39 is 0 Å². The molecule has 3 heteroatoms. The second-order valence-corrected chi connectivity index (χ2v) is 5.09. The Balaban J connectivity index is 2.38. The van der Waals surface area contributed by atoms with E-state index in [0.717, 1.165) is 5.03 Å². The van der Waals surface area contributed by atoms with Crippen molar-refractivity contribution in [1.82, 2.24) is 0 Å². The van der Waals surface area contributed by atoms with Crippen molar-refractivity contribution in [2.75, 3.05) is 6.26 Å². The van der Waals surface area contributed by atoms with Crippen LogP contribution < -0.4 is 0 Å². The smallest absolute Gasteiger partial charge is 0.0963 e. The maximum Gasteiger partial charge on any atom is 0.0963 e. The third-order valence-electron chi connectivity index (χ3n) is 2.48. The molecule has 0 fully saturated rings. The number of hydrogen-bond donors (Lipinski definition) is 0. The third-order valence-corrected chi connectivity index (χ3v) is 4.09. The summed E-state index contributed by atoms with van der Waals surface area (Å²) in [6, 6.07) is 6.43. The summed E-state index contributed by atoms with van der Waals surface area (Å²) in [7, 11) is 0. The van der Waals surface area contributed by atoms with Crippen molar-refractivity contribution in [1.29, 1.82) is 0 Å². The van der Waals surface area contributed by atoms with Crippen LogP contribution in [0.4, 0.5) is 0 Å². The minimum Gasteiger partial charge on any atom is -0.249 e.